The Labute approximate surface area is 184 Å². The molecule has 0 unspecified atom stereocenters. The van der Waals surface area contributed by atoms with Gasteiger partial charge in [-0.1, -0.05) is 31.5 Å². The average molecular weight is 440 g/mol. The molecule has 154 valence electrons. The number of carbonyl (C=O) groups excluding carboxylic acids is 1. The number of aryl methyl sites for hydroxylation is 2. The second-order valence-electron chi connectivity index (χ2n) is 7.71. The number of carbonyl (C=O) groups is 1. The lowest BCUT2D eigenvalue weighted by Gasteiger charge is -2.20. The predicted octanol–water partition coefficient (Wildman–Crippen LogP) is 5.33. The minimum atomic E-state index is -0.415. The third kappa shape index (κ3) is 3.42. The van der Waals surface area contributed by atoms with Crippen LogP contribution >= 0.6 is 23.4 Å². The average Bonchev–Trinajstić information content (AvgIpc) is 3.22. The van der Waals surface area contributed by atoms with Crippen molar-refractivity contribution in [1.29, 1.82) is 5.41 Å². The van der Waals surface area contributed by atoms with Crippen molar-refractivity contribution in [1.82, 2.24) is 9.58 Å². The Kier molecular flexibility index (Phi) is 5.20. The van der Waals surface area contributed by atoms with Crippen LogP contribution in [0.3, 0.4) is 0 Å². The van der Waals surface area contributed by atoms with Crippen molar-refractivity contribution in [2.24, 2.45) is 16.0 Å². The first-order valence-electron chi connectivity index (χ1n) is 9.63. The van der Waals surface area contributed by atoms with Gasteiger partial charge in [-0.05, 0) is 67.9 Å². The summed E-state index contributed by atoms with van der Waals surface area (Å²) >= 11 is 7.67. The molecule has 0 atom stereocenters. The minimum Gasteiger partial charge on any atom is -0.318 e. The maximum Gasteiger partial charge on any atom is 0.283 e. The van der Waals surface area contributed by atoms with Crippen LogP contribution in [-0.4, -0.2) is 31.5 Å². The molecule has 3 heterocycles. The molecular formula is C22H22ClN5OS. The monoisotopic (exact) mass is 439 g/mol. The number of halogens is 1. The highest BCUT2D eigenvalue weighted by molar-refractivity contribution is 8.27. The first-order chi connectivity index (χ1) is 14.2. The van der Waals surface area contributed by atoms with Crippen molar-refractivity contribution in [2.75, 3.05) is 0 Å². The second kappa shape index (κ2) is 7.56. The zero-order valence-electron chi connectivity index (χ0n) is 17.4. The molecule has 2 aliphatic rings. The molecule has 1 N–H and O–H groups in total. The number of aliphatic imine (C=N–C) groups is 1. The van der Waals surface area contributed by atoms with Crippen molar-refractivity contribution in [3.63, 3.8) is 0 Å². The molecule has 0 spiro atoms. The largest absolute Gasteiger partial charge is 0.318 e. The summed E-state index contributed by atoms with van der Waals surface area (Å²) in [6, 6.07) is 7.94. The number of nitrogens with zero attached hydrogens (tertiary/aromatic N) is 4. The zero-order chi connectivity index (χ0) is 21.7. The van der Waals surface area contributed by atoms with Gasteiger partial charge in [-0.25, -0.2) is 0 Å². The Hall–Kier alpha value is -2.64. The second-order valence-corrected chi connectivity index (χ2v) is 9.10. The van der Waals surface area contributed by atoms with Gasteiger partial charge in [-0.3, -0.25) is 10.2 Å². The molecule has 6 nitrogen and oxygen atoms in total. The van der Waals surface area contributed by atoms with Gasteiger partial charge in [0.1, 0.15) is 5.04 Å². The summed E-state index contributed by atoms with van der Waals surface area (Å²) in [6.07, 6.45) is 1.73. The highest BCUT2D eigenvalue weighted by Crippen LogP contribution is 2.32. The van der Waals surface area contributed by atoms with E-state index in [-0.39, 0.29) is 17.3 Å². The zero-order valence-corrected chi connectivity index (χ0v) is 19.0. The van der Waals surface area contributed by atoms with Crippen molar-refractivity contribution >= 4 is 51.4 Å². The van der Waals surface area contributed by atoms with Gasteiger partial charge in [0.15, 0.2) is 5.84 Å². The van der Waals surface area contributed by atoms with E-state index in [9.17, 15) is 4.79 Å². The molecule has 1 aromatic carbocycles. The maximum absolute atomic E-state index is 12.7. The molecule has 8 heteroatoms. The minimum absolute atomic E-state index is 0.0522. The Morgan fingerprint density at radius 3 is 2.60 bits per heavy atom. The topological polar surface area (TPSA) is 73.8 Å². The number of hydrogen-bond acceptors (Lipinski definition) is 4. The summed E-state index contributed by atoms with van der Waals surface area (Å²) in [5, 5.41) is 16.5. The van der Waals surface area contributed by atoms with Crippen LogP contribution in [0, 0.1) is 32.1 Å². The molecule has 0 aliphatic carbocycles. The van der Waals surface area contributed by atoms with Gasteiger partial charge in [-0.2, -0.15) is 15.1 Å². The molecule has 0 saturated carbocycles. The number of amidine groups is 2. The first kappa shape index (κ1) is 20.6. The lowest BCUT2D eigenvalue weighted by atomic mass is 10.1. The van der Waals surface area contributed by atoms with Gasteiger partial charge >= 0.3 is 0 Å². The normalized spacial score (nSPS) is 17.7. The predicted molar refractivity (Wildman–Crippen MR) is 125 cm³/mol. The molecule has 0 radical (unpaired) electrons. The van der Waals surface area contributed by atoms with E-state index in [1.54, 1.807) is 6.08 Å². The third-order valence-corrected chi connectivity index (χ3v) is 6.76. The number of nitrogens with one attached hydrogen (secondary N) is 1. The molecule has 0 saturated heterocycles. The molecule has 2 aliphatic heterocycles. The molecule has 0 bridgehead atoms. The number of hydrazone groups is 1. The van der Waals surface area contributed by atoms with Gasteiger partial charge in [0.2, 0.25) is 5.17 Å². The molecule has 30 heavy (non-hydrogen) atoms. The number of benzene rings is 1. The fourth-order valence-electron chi connectivity index (χ4n) is 3.45. The highest BCUT2D eigenvalue weighted by atomic mass is 35.5. The fraction of sp³-hybridized carbons (Fsp3) is 0.273. The van der Waals surface area contributed by atoms with Crippen LogP contribution in [0.25, 0.3) is 11.8 Å². The number of fused-ring (bicyclic) bond motifs is 1. The molecule has 2 aromatic rings. The van der Waals surface area contributed by atoms with Crippen LogP contribution < -0.4 is 0 Å². The first-order valence-corrected chi connectivity index (χ1v) is 10.8. The van der Waals surface area contributed by atoms with Crippen molar-refractivity contribution in [3.05, 3.63) is 57.4 Å². The number of hydrogen-bond donors (Lipinski definition) is 1. The van der Waals surface area contributed by atoms with E-state index in [2.05, 4.69) is 14.7 Å². The van der Waals surface area contributed by atoms with E-state index >= 15 is 0 Å². The smallest absolute Gasteiger partial charge is 0.283 e. The van der Waals surface area contributed by atoms with Gasteiger partial charge in [-0.15, -0.1) is 0 Å². The quantitative estimate of drug-likeness (QED) is 0.656. The molecular weight excluding hydrogens is 418 g/mol. The Balaban J connectivity index is 1.75. The van der Waals surface area contributed by atoms with Crippen LogP contribution in [0.5, 0.6) is 0 Å². The van der Waals surface area contributed by atoms with Crippen LogP contribution in [0.15, 0.2) is 39.9 Å². The van der Waals surface area contributed by atoms with Crippen LogP contribution in [0.2, 0.25) is 5.02 Å². The number of amides is 1. The maximum atomic E-state index is 12.7. The summed E-state index contributed by atoms with van der Waals surface area (Å²) in [5.41, 5.74) is 5.03. The molecule has 4 rings (SSSR count). The van der Waals surface area contributed by atoms with Gasteiger partial charge in [0, 0.05) is 28.0 Å². The summed E-state index contributed by atoms with van der Waals surface area (Å²) in [7, 11) is 0. The number of rotatable bonds is 3. The SMILES string of the molecule is Cc1ccc(-n2c(C)cc(C=C3C(=N)N4N=C(C(C)C)SC4=NC3=O)c2C)cc1Cl. The Morgan fingerprint density at radius 2 is 1.93 bits per heavy atom. The van der Waals surface area contributed by atoms with Gasteiger partial charge in [0.25, 0.3) is 5.91 Å². The Morgan fingerprint density at radius 1 is 1.20 bits per heavy atom. The van der Waals surface area contributed by atoms with Crippen molar-refractivity contribution in [3.8, 4) is 5.69 Å². The van der Waals surface area contributed by atoms with E-state index in [0.717, 1.165) is 33.2 Å². The summed E-state index contributed by atoms with van der Waals surface area (Å²) in [6.45, 7) is 10.0. The Bertz CT molecular complexity index is 1190. The van der Waals surface area contributed by atoms with Crippen LogP contribution in [0.1, 0.15) is 36.4 Å². The summed E-state index contributed by atoms with van der Waals surface area (Å²) in [5.74, 6) is -0.155. The fourth-order valence-corrected chi connectivity index (χ4v) is 4.51. The number of aromatic nitrogens is 1. The highest BCUT2D eigenvalue weighted by Gasteiger charge is 2.36. The molecule has 1 amide bonds. The van der Waals surface area contributed by atoms with E-state index in [1.165, 1.54) is 16.8 Å². The van der Waals surface area contributed by atoms with E-state index in [4.69, 9.17) is 17.0 Å². The standard InChI is InChI=1S/C22H22ClN5OS/c1-11(2)21-26-28-19(24)17(20(29)25-22(28)30-21)9-15-8-13(4)27(14(15)5)16-7-6-12(3)18(23)10-16/h6-11,24H,1-5H3. The van der Waals surface area contributed by atoms with Crippen LogP contribution in [0.4, 0.5) is 0 Å². The van der Waals surface area contributed by atoms with Gasteiger partial charge in [0.05, 0.1) is 5.57 Å². The van der Waals surface area contributed by atoms with Crippen molar-refractivity contribution < 1.29 is 4.79 Å². The summed E-state index contributed by atoms with van der Waals surface area (Å²) in [4.78, 5) is 16.8. The van der Waals surface area contributed by atoms with E-state index < -0.39 is 5.91 Å². The summed E-state index contributed by atoms with van der Waals surface area (Å²) < 4.78 is 2.09. The van der Waals surface area contributed by atoms with Crippen molar-refractivity contribution in [2.45, 2.75) is 34.6 Å². The van der Waals surface area contributed by atoms with Gasteiger partial charge < -0.3 is 4.57 Å². The lowest BCUT2D eigenvalue weighted by molar-refractivity contribution is -0.114. The number of thioether (sulfide) groups is 1. The molecule has 1 aromatic heterocycles. The lowest BCUT2D eigenvalue weighted by Crippen LogP contribution is -2.35. The van der Waals surface area contributed by atoms with E-state index in [1.807, 2.05) is 58.9 Å². The van der Waals surface area contributed by atoms with Crippen LogP contribution in [-0.2, 0) is 4.79 Å². The van der Waals surface area contributed by atoms with E-state index in [0.29, 0.717) is 10.2 Å². The molecule has 0 fully saturated rings. The third-order valence-electron chi connectivity index (χ3n) is 5.15.